The molecule has 0 fully saturated rings. The Labute approximate surface area is 359 Å². The Morgan fingerprint density at radius 1 is 0.371 bits per heavy atom. The molecule has 0 saturated carbocycles. The topological polar surface area (TPSA) is 48.5 Å². The van der Waals surface area contributed by atoms with Crippen molar-refractivity contribution in [2.24, 2.45) is 0 Å². The van der Waals surface area contributed by atoms with Crippen molar-refractivity contribution in [3.63, 3.8) is 0 Å². The molecule has 0 atom stereocenters. The van der Waals surface area contributed by atoms with Crippen LogP contribution >= 0.6 is 0 Å². The van der Waals surface area contributed by atoms with E-state index in [1.54, 1.807) is 0 Å². The lowest BCUT2D eigenvalue weighted by Gasteiger charge is -2.23. The molecule has 0 radical (unpaired) electrons. The fourth-order valence-corrected chi connectivity index (χ4v) is 11.1. The fourth-order valence-electron chi connectivity index (χ4n) is 11.1. The van der Waals surface area contributed by atoms with Crippen molar-refractivity contribution in [3.8, 4) is 56.7 Å². The van der Waals surface area contributed by atoms with Crippen LogP contribution in [0, 0.1) is 0 Å². The van der Waals surface area contributed by atoms with Crippen LogP contribution < -0.4 is 0 Å². The normalized spacial score (nSPS) is 14.4. The molecule has 0 aliphatic heterocycles. The van der Waals surface area contributed by atoms with E-state index < -0.39 is 0 Å². The number of aromatic nitrogens is 5. The number of hydrogen-bond acceptors (Lipinski definition) is 3. The van der Waals surface area contributed by atoms with Crippen molar-refractivity contribution in [2.45, 2.75) is 38.5 Å². The first-order valence-electron chi connectivity index (χ1n) is 21.5. The largest absolute Gasteiger partial charge is 0.309 e. The Morgan fingerprint density at radius 2 is 0.903 bits per heavy atom. The summed E-state index contributed by atoms with van der Waals surface area (Å²) in [6.07, 6.45) is 0. The number of benzene rings is 8. The average molecular weight is 796 g/mol. The van der Waals surface area contributed by atoms with E-state index in [0.717, 1.165) is 44.3 Å². The minimum absolute atomic E-state index is 0.174. The smallest absolute Gasteiger partial charge is 0.238 e. The molecule has 8 aromatic carbocycles. The fraction of sp³-hybridized carbons (Fsp3) is 0.105. The maximum absolute atomic E-state index is 5.51. The molecular weight excluding hydrogens is 755 g/mol. The molecular formula is C57H41N5. The monoisotopic (exact) mass is 795 g/mol. The summed E-state index contributed by atoms with van der Waals surface area (Å²) in [6.45, 7) is 9.36. The van der Waals surface area contributed by atoms with Gasteiger partial charge < -0.3 is 4.57 Å². The minimum atomic E-state index is -0.255. The van der Waals surface area contributed by atoms with Gasteiger partial charge in [0.1, 0.15) is 0 Å². The molecule has 2 aliphatic carbocycles. The van der Waals surface area contributed by atoms with E-state index in [0.29, 0.717) is 17.6 Å². The lowest BCUT2D eigenvalue weighted by Crippen LogP contribution is -2.17. The Kier molecular flexibility index (Phi) is 7.07. The van der Waals surface area contributed by atoms with Crippen LogP contribution in [-0.2, 0) is 10.8 Å². The first-order chi connectivity index (χ1) is 30.3. The van der Waals surface area contributed by atoms with Crippen LogP contribution in [-0.4, -0.2) is 24.1 Å². The number of nitrogens with zero attached hydrogens (tertiary/aromatic N) is 5. The molecule has 62 heavy (non-hydrogen) atoms. The van der Waals surface area contributed by atoms with Gasteiger partial charge in [-0.25, -0.2) is 4.98 Å². The molecule has 0 unspecified atom stereocenters. The van der Waals surface area contributed by atoms with Crippen molar-refractivity contribution in [3.05, 3.63) is 198 Å². The molecule has 5 heteroatoms. The molecule has 3 heterocycles. The first kappa shape index (κ1) is 35.2. The van der Waals surface area contributed by atoms with Gasteiger partial charge in [0.05, 0.1) is 22.1 Å². The Balaban J connectivity index is 1.10. The first-order valence-corrected chi connectivity index (χ1v) is 21.5. The van der Waals surface area contributed by atoms with Crippen LogP contribution in [0.25, 0.3) is 100 Å². The highest BCUT2D eigenvalue weighted by molar-refractivity contribution is 6.13. The van der Waals surface area contributed by atoms with Gasteiger partial charge in [-0.1, -0.05) is 155 Å². The van der Waals surface area contributed by atoms with Gasteiger partial charge in [-0.3, -0.25) is 4.57 Å². The van der Waals surface area contributed by atoms with Gasteiger partial charge in [0.2, 0.25) is 5.95 Å². The van der Waals surface area contributed by atoms with Gasteiger partial charge in [-0.05, 0) is 93.0 Å². The van der Waals surface area contributed by atoms with Crippen LogP contribution in [0.1, 0.15) is 49.9 Å². The molecule has 0 saturated heterocycles. The van der Waals surface area contributed by atoms with Crippen LogP contribution in [0.5, 0.6) is 0 Å². The zero-order valence-corrected chi connectivity index (χ0v) is 35.0. The van der Waals surface area contributed by atoms with Crippen LogP contribution in [0.15, 0.2) is 176 Å². The van der Waals surface area contributed by atoms with E-state index in [2.05, 4.69) is 213 Å². The minimum Gasteiger partial charge on any atom is -0.309 e. The second-order valence-electron chi connectivity index (χ2n) is 18.0. The predicted molar refractivity (Wildman–Crippen MR) is 255 cm³/mol. The van der Waals surface area contributed by atoms with E-state index in [1.807, 2.05) is 0 Å². The standard InChI is InChI=1S/C57H41N5/c1-56(2)45-22-12-8-18-37(45)39-28-26-35(33-47(39)56)54-58-53(34-27-31-50-44(32-34)41-21-11-14-24-48(41)61(50)36-16-6-5-7-17-36)59-55(60-54)62-49-25-15-10-20-40(49)43-30-29-42-38-19-9-13-23-46(38)57(3,4)51(42)52(43)62/h5-33H,1-4H3. The van der Waals surface area contributed by atoms with E-state index >= 15 is 0 Å². The zero-order valence-electron chi connectivity index (χ0n) is 35.0. The summed E-state index contributed by atoms with van der Waals surface area (Å²) in [7, 11) is 0. The number of fused-ring (bicyclic) bond motifs is 13. The Bertz CT molecular complexity index is 3700. The predicted octanol–water partition coefficient (Wildman–Crippen LogP) is 14.0. The molecule has 13 rings (SSSR count). The van der Waals surface area contributed by atoms with E-state index in [-0.39, 0.29) is 10.8 Å². The maximum Gasteiger partial charge on any atom is 0.238 e. The van der Waals surface area contributed by atoms with Gasteiger partial charge in [0.25, 0.3) is 0 Å². The van der Waals surface area contributed by atoms with Crippen molar-refractivity contribution in [1.82, 2.24) is 24.1 Å². The van der Waals surface area contributed by atoms with E-state index in [1.165, 1.54) is 60.7 Å². The average Bonchev–Trinajstić information content (AvgIpc) is 3.98. The summed E-state index contributed by atoms with van der Waals surface area (Å²) >= 11 is 0. The van der Waals surface area contributed by atoms with E-state index in [9.17, 15) is 0 Å². The van der Waals surface area contributed by atoms with Crippen molar-refractivity contribution in [1.29, 1.82) is 0 Å². The third kappa shape index (κ3) is 4.71. The molecule has 0 spiro atoms. The lowest BCUT2D eigenvalue weighted by molar-refractivity contribution is 0.660. The molecule has 0 bridgehead atoms. The summed E-state index contributed by atoms with van der Waals surface area (Å²) in [5.74, 6) is 1.88. The van der Waals surface area contributed by atoms with Gasteiger partial charge in [-0.2, -0.15) is 9.97 Å². The maximum atomic E-state index is 5.51. The number of para-hydroxylation sites is 3. The van der Waals surface area contributed by atoms with E-state index in [4.69, 9.17) is 15.0 Å². The Hall–Kier alpha value is -7.63. The summed E-state index contributed by atoms with van der Waals surface area (Å²) in [5, 5.41) is 4.70. The van der Waals surface area contributed by atoms with Crippen molar-refractivity contribution in [2.75, 3.05) is 0 Å². The number of rotatable bonds is 4. The highest BCUT2D eigenvalue weighted by Crippen LogP contribution is 2.53. The van der Waals surface area contributed by atoms with Gasteiger partial charge in [0, 0.05) is 49.2 Å². The van der Waals surface area contributed by atoms with Crippen molar-refractivity contribution < 1.29 is 0 Å². The lowest BCUT2D eigenvalue weighted by atomic mass is 9.81. The van der Waals surface area contributed by atoms with Crippen LogP contribution in [0.3, 0.4) is 0 Å². The Morgan fingerprint density at radius 3 is 1.65 bits per heavy atom. The second kappa shape index (κ2) is 12.5. The summed E-state index contributed by atoms with van der Waals surface area (Å²) < 4.78 is 4.67. The van der Waals surface area contributed by atoms with Crippen LogP contribution in [0.4, 0.5) is 0 Å². The third-order valence-corrected chi connectivity index (χ3v) is 14.0. The second-order valence-corrected chi connectivity index (χ2v) is 18.0. The van der Waals surface area contributed by atoms with Gasteiger partial charge in [-0.15, -0.1) is 0 Å². The van der Waals surface area contributed by atoms with Crippen molar-refractivity contribution >= 4 is 43.6 Å². The molecule has 3 aromatic heterocycles. The van der Waals surface area contributed by atoms with Crippen LogP contribution in [0.2, 0.25) is 0 Å². The zero-order chi connectivity index (χ0) is 41.5. The highest BCUT2D eigenvalue weighted by Gasteiger charge is 2.39. The third-order valence-electron chi connectivity index (χ3n) is 14.0. The van der Waals surface area contributed by atoms with Gasteiger partial charge in [0.15, 0.2) is 11.6 Å². The molecule has 0 N–H and O–H groups in total. The quantitative estimate of drug-likeness (QED) is 0.178. The summed E-state index contributed by atoms with van der Waals surface area (Å²) in [6, 6.07) is 63.7. The number of hydrogen-bond donors (Lipinski definition) is 0. The molecule has 294 valence electrons. The molecule has 0 amide bonds. The van der Waals surface area contributed by atoms with Gasteiger partial charge >= 0.3 is 0 Å². The molecule has 2 aliphatic rings. The summed E-state index contributed by atoms with van der Waals surface area (Å²) in [5.41, 5.74) is 17.5. The highest BCUT2D eigenvalue weighted by atomic mass is 15.2. The molecule has 5 nitrogen and oxygen atoms in total. The summed E-state index contributed by atoms with van der Waals surface area (Å²) in [4.78, 5) is 16.4. The molecule has 11 aromatic rings. The SMILES string of the molecule is CC1(C)c2ccccc2-c2ccc(-c3nc(-c4ccc5c(c4)c4ccccc4n5-c4ccccc4)nc(-n4c5ccccc5c5ccc6c(c54)C(C)(C)c4ccccc4-6)n3)cc21.